The van der Waals surface area contributed by atoms with Gasteiger partial charge in [-0.05, 0) is 17.4 Å². The van der Waals surface area contributed by atoms with E-state index in [0.717, 1.165) is 0 Å². The molecule has 0 aromatic heterocycles. The third-order valence-electron chi connectivity index (χ3n) is 3.41. The molecule has 0 amide bonds. The van der Waals surface area contributed by atoms with Crippen LogP contribution in [0.5, 0.6) is 0 Å². The topological polar surface area (TPSA) is 35.8 Å². The third kappa shape index (κ3) is 2.43. The molecule has 1 N–H and O–H groups in total. The SMILES string of the molecule is CC1(C)CC1NC(CC#N)c1ccccc1. The molecule has 2 rings (SSSR count). The molecule has 16 heavy (non-hydrogen) atoms. The van der Waals surface area contributed by atoms with Crippen molar-refractivity contribution in [2.24, 2.45) is 5.41 Å². The first-order chi connectivity index (χ1) is 7.63. The molecule has 1 aromatic rings. The van der Waals surface area contributed by atoms with Crippen LogP contribution in [0.25, 0.3) is 0 Å². The first-order valence-corrected chi connectivity index (χ1v) is 5.81. The van der Waals surface area contributed by atoms with Crippen molar-refractivity contribution in [2.75, 3.05) is 0 Å². The second-order valence-electron chi connectivity index (χ2n) is 5.24. The second-order valence-corrected chi connectivity index (χ2v) is 5.24. The molecule has 2 heteroatoms. The maximum Gasteiger partial charge on any atom is 0.0641 e. The van der Waals surface area contributed by atoms with Gasteiger partial charge >= 0.3 is 0 Å². The average Bonchev–Trinajstić information content (AvgIpc) is 2.87. The summed E-state index contributed by atoms with van der Waals surface area (Å²) in [5.41, 5.74) is 1.62. The zero-order chi connectivity index (χ0) is 11.6. The lowest BCUT2D eigenvalue weighted by Crippen LogP contribution is -2.26. The highest BCUT2D eigenvalue weighted by molar-refractivity contribution is 5.21. The largest absolute Gasteiger partial charge is 0.306 e. The molecular weight excluding hydrogens is 196 g/mol. The normalized spacial score (nSPS) is 23.4. The molecule has 0 radical (unpaired) electrons. The number of nitriles is 1. The van der Waals surface area contributed by atoms with Gasteiger partial charge in [-0.1, -0.05) is 44.2 Å². The predicted octanol–water partition coefficient (Wildman–Crippen LogP) is 3.03. The Balaban J connectivity index is 2.04. The first kappa shape index (κ1) is 11.2. The van der Waals surface area contributed by atoms with E-state index >= 15 is 0 Å². The van der Waals surface area contributed by atoms with E-state index in [4.69, 9.17) is 5.26 Å². The standard InChI is InChI=1S/C14H18N2/c1-14(2)10-13(14)16-12(8-9-15)11-6-4-3-5-7-11/h3-7,12-13,16H,8,10H2,1-2H3. The van der Waals surface area contributed by atoms with Crippen molar-refractivity contribution in [2.45, 2.75) is 38.8 Å². The van der Waals surface area contributed by atoms with Crippen LogP contribution >= 0.6 is 0 Å². The number of benzene rings is 1. The minimum atomic E-state index is 0.179. The molecule has 2 unspecified atom stereocenters. The van der Waals surface area contributed by atoms with Crippen LogP contribution < -0.4 is 5.32 Å². The highest BCUT2D eigenvalue weighted by atomic mass is 15.0. The Bertz CT molecular complexity index is 389. The fourth-order valence-electron chi connectivity index (χ4n) is 2.04. The summed E-state index contributed by atoms with van der Waals surface area (Å²) in [7, 11) is 0. The maximum atomic E-state index is 8.87. The summed E-state index contributed by atoms with van der Waals surface area (Å²) in [6.45, 7) is 4.53. The summed E-state index contributed by atoms with van der Waals surface area (Å²) >= 11 is 0. The summed E-state index contributed by atoms with van der Waals surface area (Å²) in [6, 6.07) is 13.2. The molecule has 2 nitrogen and oxygen atoms in total. The van der Waals surface area contributed by atoms with Crippen molar-refractivity contribution >= 4 is 0 Å². The lowest BCUT2D eigenvalue weighted by Gasteiger charge is -2.17. The monoisotopic (exact) mass is 214 g/mol. The Kier molecular flexibility index (Phi) is 2.98. The van der Waals surface area contributed by atoms with Crippen LogP contribution in [0, 0.1) is 16.7 Å². The number of nitrogens with one attached hydrogen (secondary N) is 1. The Hall–Kier alpha value is -1.33. The van der Waals surface area contributed by atoms with Gasteiger partial charge in [-0.2, -0.15) is 5.26 Å². The van der Waals surface area contributed by atoms with Gasteiger partial charge in [0, 0.05) is 12.1 Å². The van der Waals surface area contributed by atoms with Gasteiger partial charge < -0.3 is 5.32 Å². The van der Waals surface area contributed by atoms with Gasteiger partial charge in [-0.3, -0.25) is 0 Å². The van der Waals surface area contributed by atoms with Crippen LogP contribution in [0.1, 0.15) is 38.3 Å². The van der Waals surface area contributed by atoms with Crippen molar-refractivity contribution in [1.82, 2.24) is 5.32 Å². The van der Waals surface area contributed by atoms with Crippen LogP contribution in [-0.2, 0) is 0 Å². The average molecular weight is 214 g/mol. The fraction of sp³-hybridized carbons (Fsp3) is 0.500. The van der Waals surface area contributed by atoms with Crippen molar-refractivity contribution in [1.29, 1.82) is 5.26 Å². The molecule has 1 aliphatic rings. The maximum absolute atomic E-state index is 8.87. The molecule has 0 spiro atoms. The molecule has 0 heterocycles. The van der Waals surface area contributed by atoms with E-state index < -0.39 is 0 Å². The van der Waals surface area contributed by atoms with Crippen LogP contribution in [0.4, 0.5) is 0 Å². The van der Waals surface area contributed by atoms with E-state index in [1.807, 2.05) is 18.2 Å². The molecule has 0 bridgehead atoms. The van der Waals surface area contributed by atoms with E-state index in [9.17, 15) is 0 Å². The highest BCUT2D eigenvalue weighted by Gasteiger charge is 2.46. The number of nitrogens with zero attached hydrogens (tertiary/aromatic N) is 1. The van der Waals surface area contributed by atoms with Crippen molar-refractivity contribution in [3.63, 3.8) is 0 Å². The Morgan fingerprint density at radius 1 is 1.44 bits per heavy atom. The van der Waals surface area contributed by atoms with Gasteiger partial charge in [-0.15, -0.1) is 0 Å². The summed E-state index contributed by atoms with van der Waals surface area (Å²) in [5, 5.41) is 12.4. The number of hydrogen-bond donors (Lipinski definition) is 1. The Morgan fingerprint density at radius 3 is 2.56 bits per heavy atom. The quantitative estimate of drug-likeness (QED) is 0.836. The van der Waals surface area contributed by atoms with E-state index in [1.54, 1.807) is 0 Å². The lowest BCUT2D eigenvalue weighted by molar-refractivity contribution is 0.475. The van der Waals surface area contributed by atoms with Crippen molar-refractivity contribution < 1.29 is 0 Å². The molecule has 1 fully saturated rings. The summed E-state index contributed by atoms with van der Waals surface area (Å²) in [5.74, 6) is 0. The van der Waals surface area contributed by atoms with Crippen molar-refractivity contribution in [3.05, 3.63) is 35.9 Å². The van der Waals surface area contributed by atoms with Crippen LogP contribution in [0.15, 0.2) is 30.3 Å². The van der Waals surface area contributed by atoms with Crippen LogP contribution in [-0.4, -0.2) is 6.04 Å². The third-order valence-corrected chi connectivity index (χ3v) is 3.41. The fourth-order valence-corrected chi connectivity index (χ4v) is 2.04. The molecule has 1 aromatic carbocycles. The van der Waals surface area contributed by atoms with Gasteiger partial charge in [0.15, 0.2) is 0 Å². The van der Waals surface area contributed by atoms with Crippen LogP contribution in [0.3, 0.4) is 0 Å². The van der Waals surface area contributed by atoms with Gasteiger partial charge in [-0.25, -0.2) is 0 Å². The molecule has 0 aliphatic heterocycles. The van der Waals surface area contributed by atoms with E-state index in [-0.39, 0.29) is 6.04 Å². The molecule has 2 atom stereocenters. The zero-order valence-corrected chi connectivity index (χ0v) is 9.90. The Labute approximate surface area is 97.3 Å². The van der Waals surface area contributed by atoms with E-state index in [2.05, 4.69) is 37.4 Å². The van der Waals surface area contributed by atoms with Gasteiger partial charge in [0.25, 0.3) is 0 Å². The smallest absolute Gasteiger partial charge is 0.0641 e. The highest BCUT2D eigenvalue weighted by Crippen LogP contribution is 2.45. The number of rotatable bonds is 4. The van der Waals surface area contributed by atoms with E-state index in [0.29, 0.717) is 17.9 Å². The van der Waals surface area contributed by atoms with Gasteiger partial charge in [0.1, 0.15) is 0 Å². The Morgan fingerprint density at radius 2 is 2.06 bits per heavy atom. The molecule has 1 aliphatic carbocycles. The lowest BCUT2D eigenvalue weighted by atomic mass is 10.0. The number of hydrogen-bond acceptors (Lipinski definition) is 2. The summed E-state index contributed by atoms with van der Waals surface area (Å²) in [4.78, 5) is 0. The minimum absolute atomic E-state index is 0.179. The molecule has 1 saturated carbocycles. The first-order valence-electron chi connectivity index (χ1n) is 5.81. The van der Waals surface area contributed by atoms with Gasteiger partial charge in [0.05, 0.1) is 12.5 Å². The molecule has 0 saturated heterocycles. The predicted molar refractivity (Wildman–Crippen MR) is 64.7 cm³/mol. The van der Waals surface area contributed by atoms with Crippen molar-refractivity contribution in [3.8, 4) is 6.07 Å². The molecule has 84 valence electrons. The zero-order valence-electron chi connectivity index (χ0n) is 9.90. The van der Waals surface area contributed by atoms with Crippen LogP contribution in [0.2, 0.25) is 0 Å². The minimum Gasteiger partial charge on any atom is -0.306 e. The van der Waals surface area contributed by atoms with E-state index in [1.165, 1.54) is 12.0 Å². The second kappa shape index (κ2) is 4.27. The summed E-state index contributed by atoms with van der Waals surface area (Å²) < 4.78 is 0. The summed E-state index contributed by atoms with van der Waals surface area (Å²) in [6.07, 6.45) is 1.75. The molecular formula is C14H18N2. The van der Waals surface area contributed by atoms with Gasteiger partial charge in [0.2, 0.25) is 0 Å².